The molecule has 160 valence electrons. The van der Waals surface area contributed by atoms with Gasteiger partial charge in [-0.3, -0.25) is 9.59 Å². The van der Waals surface area contributed by atoms with Gasteiger partial charge in [0.15, 0.2) is 17.6 Å². The van der Waals surface area contributed by atoms with Gasteiger partial charge in [-0.2, -0.15) is 0 Å². The number of halogens is 1. The van der Waals surface area contributed by atoms with Gasteiger partial charge < -0.3 is 10.0 Å². The number of nitrogens with zero attached hydrogens (tertiary/aromatic N) is 2. The van der Waals surface area contributed by atoms with Gasteiger partial charge in [0.05, 0.1) is 11.6 Å². The van der Waals surface area contributed by atoms with Crippen molar-refractivity contribution >= 4 is 11.8 Å². The normalized spacial score (nSPS) is 25.0. The zero-order chi connectivity index (χ0) is 21.4. The molecule has 2 fully saturated rings. The van der Waals surface area contributed by atoms with Crippen LogP contribution in [0.15, 0.2) is 29.1 Å². The van der Waals surface area contributed by atoms with Crippen LogP contribution in [-0.2, 0) is 13.0 Å². The molecule has 7 nitrogen and oxygen atoms in total. The summed E-state index contributed by atoms with van der Waals surface area (Å²) in [6, 6.07) is 6.11. The van der Waals surface area contributed by atoms with Crippen LogP contribution in [0.5, 0.6) is 5.75 Å². The van der Waals surface area contributed by atoms with E-state index >= 15 is 0 Å². The molecule has 2 N–H and O–H groups in total. The van der Waals surface area contributed by atoms with Crippen molar-refractivity contribution in [1.29, 1.82) is 0 Å². The Morgan fingerprint density at radius 2 is 1.77 bits per heavy atom. The Morgan fingerprint density at radius 1 is 1.06 bits per heavy atom. The molecule has 2 saturated carbocycles. The second-order valence-corrected chi connectivity index (χ2v) is 9.17. The predicted octanol–water partition coefficient (Wildman–Crippen LogP) is 1.00. The summed E-state index contributed by atoms with van der Waals surface area (Å²) in [7, 11) is 0. The lowest BCUT2D eigenvalue weighted by Gasteiger charge is -2.29. The minimum absolute atomic E-state index is 0.0374. The minimum atomic E-state index is -0.633. The molecule has 2 atom stereocenters. The highest BCUT2D eigenvalue weighted by molar-refractivity contribution is 6.02. The molecule has 31 heavy (non-hydrogen) atoms. The van der Waals surface area contributed by atoms with Gasteiger partial charge in [0.1, 0.15) is 5.82 Å². The van der Waals surface area contributed by atoms with Crippen molar-refractivity contribution in [2.24, 2.45) is 5.92 Å². The average Bonchev–Trinajstić information content (AvgIpc) is 3.67. The zero-order valence-corrected chi connectivity index (χ0v) is 16.9. The van der Waals surface area contributed by atoms with E-state index in [1.54, 1.807) is 12.1 Å². The van der Waals surface area contributed by atoms with Crippen LogP contribution in [0.1, 0.15) is 63.8 Å². The molecule has 6 rings (SSSR count). The van der Waals surface area contributed by atoms with Gasteiger partial charge >= 0.3 is 5.91 Å². The molecular weight excluding hydrogens is 401 g/mol. The van der Waals surface area contributed by atoms with Gasteiger partial charge in [-0.1, -0.05) is 12.1 Å². The smallest absolute Gasteiger partial charge is 0.363 e. The lowest BCUT2D eigenvalue weighted by atomic mass is 9.95. The topological polar surface area (TPSA) is 84.0 Å². The molecule has 2 aromatic rings. The summed E-state index contributed by atoms with van der Waals surface area (Å²) < 4.78 is 14.7. The van der Waals surface area contributed by atoms with Crippen LogP contribution < -0.4 is 10.5 Å². The third kappa shape index (κ3) is 2.77. The molecule has 4 aliphatic rings. The van der Waals surface area contributed by atoms with E-state index in [2.05, 4.69) is 0 Å². The summed E-state index contributed by atoms with van der Waals surface area (Å²) in [5.74, 6) is -1.20. The number of aromatic hydroxyl groups is 1. The quantitative estimate of drug-likeness (QED) is 0.767. The molecule has 0 bridgehead atoms. The molecular formula is C23H23FN3O4+. The highest BCUT2D eigenvalue weighted by Gasteiger charge is 2.57. The lowest BCUT2D eigenvalue weighted by Crippen LogP contribution is -3.15. The minimum Gasteiger partial charge on any atom is -0.502 e. The number of carbonyl (C=O) groups is 2. The summed E-state index contributed by atoms with van der Waals surface area (Å²) in [6.45, 7) is 0.614. The van der Waals surface area contributed by atoms with E-state index in [4.69, 9.17) is 0 Å². The Bertz CT molecular complexity index is 1180. The lowest BCUT2D eigenvalue weighted by molar-refractivity contribution is -0.867. The Labute approximate surface area is 177 Å². The third-order valence-electron chi connectivity index (χ3n) is 7.07. The number of amides is 2. The molecule has 2 aliphatic carbocycles. The number of benzene rings is 1. The highest BCUT2D eigenvalue weighted by Crippen LogP contribution is 2.41. The van der Waals surface area contributed by atoms with E-state index < -0.39 is 17.2 Å². The van der Waals surface area contributed by atoms with Crippen molar-refractivity contribution in [3.8, 4) is 5.75 Å². The maximum Gasteiger partial charge on any atom is 0.363 e. The first-order chi connectivity index (χ1) is 15.0. The number of nitrogens with one attached hydrogen (secondary N) is 1. The largest absolute Gasteiger partial charge is 0.502 e. The second kappa shape index (κ2) is 6.50. The van der Waals surface area contributed by atoms with Crippen molar-refractivity contribution in [3.05, 3.63) is 62.8 Å². The van der Waals surface area contributed by atoms with Crippen molar-refractivity contribution in [3.63, 3.8) is 0 Å². The van der Waals surface area contributed by atoms with Crippen molar-refractivity contribution in [2.75, 3.05) is 6.54 Å². The van der Waals surface area contributed by atoms with Crippen LogP contribution in [0.3, 0.4) is 0 Å². The number of aromatic nitrogens is 1. The molecule has 1 aromatic carbocycles. The Kier molecular flexibility index (Phi) is 3.93. The summed E-state index contributed by atoms with van der Waals surface area (Å²) in [5, 5.41) is 10.8. The summed E-state index contributed by atoms with van der Waals surface area (Å²) >= 11 is 0. The number of pyridine rings is 1. The van der Waals surface area contributed by atoms with Gasteiger partial charge in [-0.05, 0) is 37.0 Å². The standard InChI is InChI=1S/C23H22FN3O4/c24-14-5-1-12(2-6-14)11-25-10-9-16-17(21(25)29)19(28)23(31)27-18(16)22(30)26(15-7-8-15)20(27)13-3-4-13/h1-2,5-6,13,15,20,28H,3-4,7-11H2/p+1/t20-/m0/s1. The molecule has 1 aromatic heterocycles. The fourth-order valence-electron chi connectivity index (χ4n) is 5.29. The molecule has 8 heteroatoms. The monoisotopic (exact) mass is 424 g/mol. The second-order valence-electron chi connectivity index (χ2n) is 9.17. The van der Waals surface area contributed by atoms with Gasteiger partial charge in [0.25, 0.3) is 11.5 Å². The first-order valence-corrected chi connectivity index (χ1v) is 10.9. The van der Waals surface area contributed by atoms with Crippen molar-refractivity contribution in [2.45, 2.75) is 50.9 Å². The number of carbonyl (C=O) groups excluding carboxylic acids is 2. The maximum atomic E-state index is 13.4. The Morgan fingerprint density at radius 3 is 2.42 bits per heavy atom. The molecule has 1 unspecified atom stereocenters. The first-order valence-electron chi connectivity index (χ1n) is 10.9. The number of quaternary nitrogens is 1. The van der Waals surface area contributed by atoms with Crippen LogP contribution in [0.4, 0.5) is 4.39 Å². The molecule has 0 radical (unpaired) electrons. The maximum absolute atomic E-state index is 13.4. The number of fused-ring (bicyclic) bond motifs is 3. The number of hydrogen-bond donors (Lipinski definition) is 2. The van der Waals surface area contributed by atoms with E-state index in [-0.39, 0.29) is 42.0 Å². The SMILES string of the molecule is O=C1c2c(c3n(c(=O)c2O)[C@@H](C2CC2)[NH+](C2CC2)C3=O)CCN1Cc1ccc(F)cc1. The van der Waals surface area contributed by atoms with E-state index in [9.17, 15) is 23.9 Å². The predicted molar refractivity (Wildman–Crippen MR) is 107 cm³/mol. The molecule has 3 heterocycles. The molecule has 0 spiro atoms. The molecule has 2 amide bonds. The summed E-state index contributed by atoms with van der Waals surface area (Å²) in [4.78, 5) is 42.2. The van der Waals surface area contributed by atoms with Gasteiger partial charge in [0.2, 0.25) is 0 Å². The number of hydrogen-bond acceptors (Lipinski definition) is 4. The highest BCUT2D eigenvalue weighted by atomic mass is 19.1. The van der Waals surface area contributed by atoms with Gasteiger partial charge in [-0.15, -0.1) is 0 Å². The summed E-state index contributed by atoms with van der Waals surface area (Å²) in [5.41, 5.74) is 0.913. The van der Waals surface area contributed by atoms with Crippen LogP contribution >= 0.6 is 0 Å². The van der Waals surface area contributed by atoms with E-state index in [1.807, 2.05) is 0 Å². The fraction of sp³-hybridized carbons (Fsp3) is 0.435. The van der Waals surface area contributed by atoms with E-state index in [0.717, 1.165) is 36.1 Å². The van der Waals surface area contributed by atoms with Crippen LogP contribution in [0, 0.1) is 11.7 Å². The van der Waals surface area contributed by atoms with Gasteiger partial charge in [-0.25, -0.2) is 18.7 Å². The zero-order valence-electron chi connectivity index (χ0n) is 16.9. The fourth-order valence-corrected chi connectivity index (χ4v) is 5.29. The molecule has 0 saturated heterocycles. The van der Waals surface area contributed by atoms with Crippen LogP contribution in [0.2, 0.25) is 0 Å². The van der Waals surface area contributed by atoms with Crippen LogP contribution in [0.25, 0.3) is 0 Å². The van der Waals surface area contributed by atoms with E-state index in [0.29, 0.717) is 24.2 Å². The third-order valence-corrected chi connectivity index (χ3v) is 7.07. The van der Waals surface area contributed by atoms with Gasteiger partial charge in [0, 0.05) is 37.4 Å². The average molecular weight is 424 g/mol. The van der Waals surface area contributed by atoms with Crippen molar-refractivity contribution < 1.29 is 24.0 Å². The first kappa shape index (κ1) is 18.7. The molecule has 2 aliphatic heterocycles. The summed E-state index contributed by atoms with van der Waals surface area (Å²) in [6.07, 6.45) is 4.01. The van der Waals surface area contributed by atoms with Crippen molar-refractivity contribution in [1.82, 2.24) is 9.47 Å². The number of rotatable bonds is 4. The Hall–Kier alpha value is -3.00. The Balaban J connectivity index is 1.43. The van der Waals surface area contributed by atoms with E-state index in [1.165, 1.54) is 21.6 Å². The van der Waals surface area contributed by atoms with Crippen LogP contribution in [-0.4, -0.2) is 39.0 Å².